The van der Waals surface area contributed by atoms with Crippen molar-refractivity contribution in [3.8, 4) is 0 Å². The molecule has 0 saturated carbocycles. The molecule has 0 aromatic rings. The Labute approximate surface area is 516 Å². The number of amides is 1. The Balaban J connectivity index is 4.07. The number of nitrogens with zero attached hydrogens (tertiary/aromatic N) is 1. The van der Waals surface area contributed by atoms with E-state index >= 15 is 0 Å². The van der Waals surface area contributed by atoms with Crippen molar-refractivity contribution in [2.24, 2.45) is 0 Å². The van der Waals surface area contributed by atoms with Crippen molar-refractivity contribution < 1.29 is 32.9 Å². The van der Waals surface area contributed by atoms with Gasteiger partial charge in [0, 0.05) is 6.42 Å². The first-order valence-electron chi connectivity index (χ1n) is 35.4. The van der Waals surface area contributed by atoms with Crippen LogP contribution in [0.15, 0.2) is 85.1 Å². The van der Waals surface area contributed by atoms with Crippen LogP contribution in [-0.4, -0.2) is 68.5 Å². The molecule has 0 spiro atoms. The maximum Gasteiger partial charge on any atom is 0.268 e. The summed E-state index contributed by atoms with van der Waals surface area (Å²) in [6.45, 7) is 4.64. The smallest absolute Gasteiger partial charge is 0.268 e. The molecular formula is C74H137N2O6P. The molecule has 3 unspecified atom stereocenters. The first kappa shape index (κ1) is 80.7. The maximum absolute atomic E-state index is 13.1. The van der Waals surface area contributed by atoms with Crippen LogP contribution in [-0.2, 0) is 18.4 Å². The number of phosphoric ester groups is 1. The summed E-state index contributed by atoms with van der Waals surface area (Å²) in [4.78, 5) is 25.7. The molecule has 9 heteroatoms. The SMILES string of the molecule is CC/C=C\C/C=C\C/C=C\C/C=C\C/C=C\C/C=C\C/C=C\CCCCCCCCCCCC(=O)NC(COP(=O)([O-])OCC[N+](C)(C)C)C(O)CCCCCCCCCCCCCCCCCCCCCCCCCCCCCCCC. The van der Waals surface area contributed by atoms with E-state index in [4.69, 9.17) is 9.05 Å². The molecule has 8 nitrogen and oxygen atoms in total. The average molecular weight is 1180 g/mol. The lowest BCUT2D eigenvalue weighted by molar-refractivity contribution is -0.870. The Morgan fingerprint density at radius 2 is 0.735 bits per heavy atom. The highest BCUT2D eigenvalue weighted by Gasteiger charge is 2.24. The Morgan fingerprint density at radius 1 is 0.434 bits per heavy atom. The number of likely N-dealkylation sites (N-methyl/N-ethyl adjacent to an activating group) is 1. The molecule has 83 heavy (non-hydrogen) atoms. The van der Waals surface area contributed by atoms with E-state index in [9.17, 15) is 19.4 Å². The van der Waals surface area contributed by atoms with Gasteiger partial charge >= 0.3 is 0 Å². The first-order valence-corrected chi connectivity index (χ1v) is 36.9. The predicted octanol–water partition coefficient (Wildman–Crippen LogP) is 22.1. The van der Waals surface area contributed by atoms with Gasteiger partial charge in [0.2, 0.25) is 5.91 Å². The lowest BCUT2D eigenvalue weighted by Gasteiger charge is -2.30. The van der Waals surface area contributed by atoms with Gasteiger partial charge in [-0.2, -0.15) is 0 Å². The molecule has 0 aliphatic carbocycles. The van der Waals surface area contributed by atoms with Gasteiger partial charge in [-0.1, -0.05) is 336 Å². The molecule has 0 aromatic carbocycles. The second kappa shape index (κ2) is 64.2. The summed E-state index contributed by atoms with van der Waals surface area (Å²) in [7, 11) is 1.30. The molecule has 0 rings (SSSR count). The summed E-state index contributed by atoms with van der Waals surface area (Å²) in [5, 5.41) is 14.1. The molecule has 0 aliphatic rings. The quantitative estimate of drug-likeness (QED) is 0.0272. The highest BCUT2D eigenvalue weighted by Crippen LogP contribution is 2.38. The third kappa shape index (κ3) is 67.1. The van der Waals surface area contributed by atoms with Gasteiger partial charge < -0.3 is 28.8 Å². The van der Waals surface area contributed by atoms with Gasteiger partial charge in [-0.15, -0.1) is 0 Å². The fourth-order valence-corrected chi connectivity index (χ4v) is 11.2. The van der Waals surface area contributed by atoms with Crippen LogP contribution in [0.3, 0.4) is 0 Å². The third-order valence-corrected chi connectivity index (χ3v) is 16.9. The molecule has 3 atom stereocenters. The number of phosphoric acid groups is 1. The zero-order valence-electron chi connectivity index (χ0n) is 55.4. The molecule has 1 amide bonds. The highest BCUT2D eigenvalue weighted by atomic mass is 31.2. The van der Waals surface area contributed by atoms with E-state index in [2.05, 4.69) is 104 Å². The number of hydrogen-bond acceptors (Lipinski definition) is 6. The number of unbranched alkanes of at least 4 members (excludes halogenated alkanes) is 38. The fourth-order valence-electron chi connectivity index (χ4n) is 10.4. The predicted molar refractivity (Wildman–Crippen MR) is 362 cm³/mol. The van der Waals surface area contributed by atoms with E-state index in [1.807, 2.05) is 21.1 Å². The Bertz CT molecular complexity index is 1630. The molecule has 0 fully saturated rings. The monoisotopic (exact) mass is 1180 g/mol. The molecule has 0 heterocycles. The summed E-state index contributed by atoms with van der Waals surface area (Å²) in [5.74, 6) is -0.170. The van der Waals surface area contributed by atoms with Gasteiger partial charge in [0.15, 0.2) is 0 Å². The summed E-state index contributed by atoms with van der Waals surface area (Å²) in [6, 6.07) is -0.812. The van der Waals surface area contributed by atoms with Crippen LogP contribution in [0, 0.1) is 0 Å². The van der Waals surface area contributed by atoms with Gasteiger partial charge in [0.1, 0.15) is 13.2 Å². The Morgan fingerprint density at radius 3 is 1.07 bits per heavy atom. The van der Waals surface area contributed by atoms with Crippen LogP contribution in [0.1, 0.15) is 328 Å². The van der Waals surface area contributed by atoms with Crippen LogP contribution in [0.4, 0.5) is 0 Å². The minimum atomic E-state index is -4.59. The van der Waals surface area contributed by atoms with Crippen molar-refractivity contribution in [1.82, 2.24) is 5.32 Å². The van der Waals surface area contributed by atoms with Gasteiger partial charge in [-0.05, 0) is 70.6 Å². The average Bonchev–Trinajstić information content (AvgIpc) is 3.49. The lowest BCUT2D eigenvalue weighted by Crippen LogP contribution is -2.46. The zero-order valence-corrected chi connectivity index (χ0v) is 56.3. The molecule has 0 aliphatic heterocycles. The van der Waals surface area contributed by atoms with E-state index in [1.54, 1.807) is 0 Å². The number of carbonyl (C=O) groups excluding carboxylic acids is 1. The van der Waals surface area contributed by atoms with Crippen LogP contribution >= 0.6 is 7.82 Å². The summed E-state index contributed by atoms with van der Waals surface area (Å²) < 4.78 is 23.5. The fraction of sp³-hybridized carbons (Fsp3) is 0.797. The van der Waals surface area contributed by atoms with Gasteiger partial charge in [0.25, 0.3) is 7.82 Å². The van der Waals surface area contributed by atoms with Crippen LogP contribution in [0.5, 0.6) is 0 Å². The van der Waals surface area contributed by atoms with Gasteiger partial charge in [-0.25, -0.2) is 0 Å². The van der Waals surface area contributed by atoms with E-state index in [-0.39, 0.29) is 19.1 Å². The van der Waals surface area contributed by atoms with E-state index in [1.165, 1.54) is 212 Å². The van der Waals surface area contributed by atoms with E-state index in [0.29, 0.717) is 23.9 Å². The number of hydrogen-bond donors (Lipinski definition) is 2. The number of aliphatic hydroxyl groups is 1. The Hall–Kier alpha value is -2.32. The molecule has 2 N–H and O–H groups in total. The van der Waals surface area contributed by atoms with Crippen molar-refractivity contribution in [1.29, 1.82) is 0 Å². The van der Waals surface area contributed by atoms with E-state index < -0.39 is 20.0 Å². The highest BCUT2D eigenvalue weighted by molar-refractivity contribution is 7.45. The number of aliphatic hydroxyl groups excluding tert-OH is 1. The minimum Gasteiger partial charge on any atom is -0.756 e. The molecule has 0 aromatic heterocycles. The lowest BCUT2D eigenvalue weighted by atomic mass is 10.0. The number of nitrogens with one attached hydrogen (secondary N) is 1. The summed E-state index contributed by atoms with van der Waals surface area (Å²) in [6.07, 6.45) is 90.8. The van der Waals surface area contributed by atoms with Crippen LogP contribution in [0.25, 0.3) is 0 Å². The van der Waals surface area contributed by atoms with Crippen LogP contribution < -0.4 is 10.2 Å². The van der Waals surface area contributed by atoms with Crippen molar-refractivity contribution in [3.63, 3.8) is 0 Å². The molecule has 484 valence electrons. The van der Waals surface area contributed by atoms with Gasteiger partial charge in [-0.3, -0.25) is 9.36 Å². The number of carbonyl (C=O) groups is 1. The normalized spacial score (nSPS) is 14.2. The largest absolute Gasteiger partial charge is 0.756 e. The third-order valence-electron chi connectivity index (χ3n) is 15.9. The second-order valence-electron chi connectivity index (χ2n) is 25.2. The first-order chi connectivity index (χ1) is 40.5. The number of allylic oxidation sites excluding steroid dienone is 14. The minimum absolute atomic E-state index is 0.00790. The molecular weight excluding hydrogens is 1040 g/mol. The maximum atomic E-state index is 13.1. The summed E-state index contributed by atoms with van der Waals surface area (Å²) in [5.41, 5.74) is 0. The second-order valence-corrected chi connectivity index (χ2v) is 26.6. The topological polar surface area (TPSA) is 108 Å². The molecule has 0 bridgehead atoms. The standard InChI is InChI=1S/C74H137N2O6P/c1-6-8-10-12-14-16-18-20-22-24-26-28-30-32-34-36-38-40-42-44-46-48-50-52-54-56-58-60-62-64-66-68-74(78)75-72(71-82-83(79,80)81-70-69-76(3,4)5)73(77)67-65-63-61-59-57-55-53-51-49-47-45-43-41-39-37-35-33-31-29-27-25-23-21-19-17-15-13-11-9-7-2/h8,10,14,16,20,22,26,28,32,34,38,40,44,46,72-73,77H,6-7,9,11-13,15,17-19,21,23-25,27,29-31,33,35-37,39,41-43,45,47-71H2,1-5H3,(H-,75,78,79,80)/b10-8-,16-14-,22-20-,28-26-,34-32-,40-38-,46-44-. The number of quaternary nitrogens is 1. The van der Waals surface area contributed by atoms with E-state index in [0.717, 1.165) is 89.9 Å². The Kier molecular flexibility index (Phi) is 62.4. The van der Waals surface area contributed by atoms with Crippen LogP contribution in [0.2, 0.25) is 0 Å². The number of rotatable bonds is 65. The van der Waals surface area contributed by atoms with Crippen molar-refractivity contribution in [2.45, 2.75) is 341 Å². The van der Waals surface area contributed by atoms with Crippen molar-refractivity contribution in [2.75, 3.05) is 40.9 Å². The molecule has 0 saturated heterocycles. The summed E-state index contributed by atoms with van der Waals surface area (Å²) >= 11 is 0. The van der Waals surface area contributed by atoms with Gasteiger partial charge in [0.05, 0.1) is 39.9 Å². The van der Waals surface area contributed by atoms with Crippen molar-refractivity contribution >= 4 is 13.7 Å². The zero-order chi connectivity index (χ0) is 60.5. The van der Waals surface area contributed by atoms with Crippen molar-refractivity contribution in [3.05, 3.63) is 85.1 Å². The molecule has 0 radical (unpaired) electrons.